The van der Waals surface area contributed by atoms with E-state index in [1.807, 2.05) is 6.07 Å². The Hall–Kier alpha value is -2.20. The molecule has 1 aliphatic rings. The number of hydrogen-bond acceptors (Lipinski definition) is 6. The summed E-state index contributed by atoms with van der Waals surface area (Å²) in [6.07, 6.45) is 3.33. The molecule has 0 amide bonds. The first-order valence-electron chi connectivity index (χ1n) is 6.20. The van der Waals surface area contributed by atoms with Gasteiger partial charge in [0.05, 0.1) is 4.92 Å². The van der Waals surface area contributed by atoms with Gasteiger partial charge in [0.15, 0.2) is 0 Å². The molecule has 0 aromatic carbocycles. The molecule has 1 aromatic rings. The fourth-order valence-electron chi connectivity index (χ4n) is 2.14. The molecular formula is C12H15N5O2. The molecule has 1 atom stereocenters. The van der Waals surface area contributed by atoms with Gasteiger partial charge in [-0.2, -0.15) is 5.26 Å². The quantitative estimate of drug-likeness (QED) is 0.611. The van der Waals surface area contributed by atoms with Crippen LogP contribution in [0.15, 0.2) is 12.3 Å². The summed E-state index contributed by atoms with van der Waals surface area (Å²) in [4.78, 5) is 14.0. The smallest absolute Gasteiger partial charge is 0.289 e. The van der Waals surface area contributed by atoms with Crippen molar-refractivity contribution in [1.29, 1.82) is 5.26 Å². The second-order valence-corrected chi connectivity index (χ2v) is 4.53. The lowest BCUT2D eigenvalue weighted by Gasteiger charge is -2.10. The van der Waals surface area contributed by atoms with Crippen molar-refractivity contribution < 1.29 is 4.92 Å². The zero-order chi connectivity index (χ0) is 13.7. The Morgan fingerprint density at radius 2 is 2.53 bits per heavy atom. The van der Waals surface area contributed by atoms with Crippen molar-refractivity contribution in [1.82, 2.24) is 10.3 Å². The molecule has 0 bridgehead atoms. The Labute approximate surface area is 110 Å². The molecule has 0 aliphatic carbocycles. The summed E-state index contributed by atoms with van der Waals surface area (Å²) in [5, 5.41) is 25.9. The lowest BCUT2D eigenvalue weighted by molar-refractivity contribution is -0.385. The van der Waals surface area contributed by atoms with Crippen LogP contribution in [0, 0.1) is 27.4 Å². The number of nitrogens with zero attached hydrogens (tertiary/aromatic N) is 3. The highest BCUT2D eigenvalue weighted by molar-refractivity contribution is 5.55. The van der Waals surface area contributed by atoms with Crippen LogP contribution in [0.4, 0.5) is 11.5 Å². The van der Waals surface area contributed by atoms with Crippen LogP contribution in [0.1, 0.15) is 18.4 Å². The van der Waals surface area contributed by atoms with Gasteiger partial charge in [-0.25, -0.2) is 4.98 Å². The van der Waals surface area contributed by atoms with E-state index < -0.39 is 4.92 Å². The van der Waals surface area contributed by atoms with Crippen molar-refractivity contribution in [2.24, 2.45) is 5.92 Å². The third-order valence-corrected chi connectivity index (χ3v) is 3.21. The number of nitriles is 1. The third-order valence-electron chi connectivity index (χ3n) is 3.21. The van der Waals surface area contributed by atoms with Crippen LogP contribution >= 0.6 is 0 Å². The van der Waals surface area contributed by atoms with E-state index in [4.69, 9.17) is 5.26 Å². The first-order chi connectivity index (χ1) is 9.20. The molecule has 7 heteroatoms. The summed E-state index contributed by atoms with van der Waals surface area (Å²) in [6.45, 7) is 2.80. The molecule has 2 N–H and O–H groups in total. The van der Waals surface area contributed by atoms with Gasteiger partial charge in [0.2, 0.25) is 0 Å². The minimum atomic E-state index is -0.554. The highest BCUT2D eigenvalue weighted by atomic mass is 16.6. The molecule has 1 unspecified atom stereocenters. The van der Waals surface area contributed by atoms with E-state index in [1.165, 1.54) is 18.7 Å². The molecule has 7 nitrogen and oxygen atoms in total. The lowest BCUT2D eigenvalue weighted by Crippen LogP contribution is -2.13. The van der Waals surface area contributed by atoms with Crippen LogP contribution in [0.3, 0.4) is 0 Å². The maximum absolute atomic E-state index is 10.6. The lowest BCUT2D eigenvalue weighted by atomic mass is 10.1. The van der Waals surface area contributed by atoms with Gasteiger partial charge in [-0.15, -0.1) is 0 Å². The molecule has 2 rings (SSSR count). The summed E-state index contributed by atoms with van der Waals surface area (Å²) in [5.74, 6) is 1.06. The number of hydrogen-bond donors (Lipinski definition) is 2. The molecule has 1 saturated heterocycles. The number of rotatable bonds is 5. The number of aromatic nitrogens is 1. The molecule has 1 aromatic heterocycles. The summed E-state index contributed by atoms with van der Waals surface area (Å²) >= 11 is 0. The molecule has 100 valence electrons. The van der Waals surface area contributed by atoms with Crippen LogP contribution in [0.2, 0.25) is 0 Å². The number of pyridine rings is 1. The molecule has 0 spiro atoms. The van der Waals surface area contributed by atoms with Crippen molar-refractivity contribution in [2.75, 3.05) is 25.0 Å². The molecule has 1 aliphatic heterocycles. The standard InChI is InChI=1S/C12H15N5O2/c13-6-10-5-11(17(18)19)8-16-12(10)15-4-2-9-1-3-14-7-9/h5,8-9,14H,1-4,7H2,(H,15,16). The summed E-state index contributed by atoms with van der Waals surface area (Å²) in [5.41, 5.74) is 0.0424. The normalized spacial score (nSPS) is 17.9. The third kappa shape index (κ3) is 3.39. The molecule has 2 heterocycles. The van der Waals surface area contributed by atoms with Crippen LogP contribution in [0.5, 0.6) is 0 Å². The summed E-state index contributed by atoms with van der Waals surface area (Å²) in [7, 11) is 0. The largest absolute Gasteiger partial charge is 0.369 e. The van der Waals surface area contributed by atoms with Gasteiger partial charge < -0.3 is 10.6 Å². The minimum absolute atomic E-state index is 0.165. The zero-order valence-electron chi connectivity index (χ0n) is 10.4. The highest BCUT2D eigenvalue weighted by Gasteiger charge is 2.15. The Balaban J connectivity index is 1.95. The van der Waals surface area contributed by atoms with Gasteiger partial charge in [0.1, 0.15) is 23.6 Å². The number of anilines is 1. The van der Waals surface area contributed by atoms with Gasteiger partial charge in [-0.3, -0.25) is 10.1 Å². The van der Waals surface area contributed by atoms with Crippen molar-refractivity contribution >= 4 is 11.5 Å². The fourth-order valence-corrected chi connectivity index (χ4v) is 2.14. The second-order valence-electron chi connectivity index (χ2n) is 4.53. The van der Waals surface area contributed by atoms with E-state index in [9.17, 15) is 10.1 Å². The highest BCUT2D eigenvalue weighted by Crippen LogP contribution is 2.19. The number of nitro groups is 1. The van der Waals surface area contributed by atoms with Crippen LogP contribution in [-0.2, 0) is 0 Å². The average molecular weight is 261 g/mol. The first-order valence-corrected chi connectivity index (χ1v) is 6.20. The van der Waals surface area contributed by atoms with E-state index in [0.717, 1.165) is 19.5 Å². The summed E-state index contributed by atoms with van der Waals surface area (Å²) < 4.78 is 0. The van der Waals surface area contributed by atoms with E-state index in [0.29, 0.717) is 18.3 Å². The van der Waals surface area contributed by atoms with E-state index in [2.05, 4.69) is 15.6 Å². The molecule has 19 heavy (non-hydrogen) atoms. The second kappa shape index (κ2) is 6.11. The van der Waals surface area contributed by atoms with Crippen molar-refractivity contribution in [3.05, 3.63) is 27.9 Å². The molecule has 0 radical (unpaired) electrons. The van der Waals surface area contributed by atoms with E-state index in [-0.39, 0.29) is 11.3 Å². The predicted octanol–water partition coefficient (Wildman–Crippen LogP) is 1.27. The Kier molecular flexibility index (Phi) is 4.26. The Bertz CT molecular complexity index is 505. The van der Waals surface area contributed by atoms with Gasteiger partial charge in [-0.05, 0) is 31.8 Å². The molecule has 1 fully saturated rings. The first kappa shape index (κ1) is 13.2. The van der Waals surface area contributed by atoms with Crippen molar-refractivity contribution in [2.45, 2.75) is 12.8 Å². The number of nitrogens with one attached hydrogen (secondary N) is 2. The van der Waals surface area contributed by atoms with Gasteiger partial charge in [-0.1, -0.05) is 0 Å². The van der Waals surface area contributed by atoms with E-state index in [1.54, 1.807) is 0 Å². The van der Waals surface area contributed by atoms with Crippen molar-refractivity contribution in [3.63, 3.8) is 0 Å². The van der Waals surface area contributed by atoms with Crippen LogP contribution in [0.25, 0.3) is 0 Å². The Morgan fingerprint density at radius 3 is 3.16 bits per heavy atom. The fraction of sp³-hybridized carbons (Fsp3) is 0.500. The molecule has 0 saturated carbocycles. The predicted molar refractivity (Wildman–Crippen MR) is 69.7 cm³/mol. The van der Waals surface area contributed by atoms with Gasteiger partial charge in [0.25, 0.3) is 5.69 Å². The minimum Gasteiger partial charge on any atom is -0.369 e. The zero-order valence-corrected chi connectivity index (χ0v) is 10.4. The maximum atomic E-state index is 10.6. The van der Waals surface area contributed by atoms with Gasteiger partial charge in [0, 0.05) is 12.6 Å². The van der Waals surface area contributed by atoms with Crippen LogP contribution in [-0.4, -0.2) is 29.5 Å². The average Bonchev–Trinajstić information content (AvgIpc) is 2.92. The van der Waals surface area contributed by atoms with Crippen LogP contribution < -0.4 is 10.6 Å². The molecular weight excluding hydrogens is 246 g/mol. The summed E-state index contributed by atoms with van der Waals surface area (Å²) in [6, 6.07) is 3.17. The van der Waals surface area contributed by atoms with Crippen molar-refractivity contribution in [3.8, 4) is 6.07 Å². The monoisotopic (exact) mass is 261 g/mol. The SMILES string of the molecule is N#Cc1cc([N+](=O)[O-])cnc1NCCC1CCNC1. The van der Waals surface area contributed by atoms with E-state index >= 15 is 0 Å². The maximum Gasteiger partial charge on any atom is 0.289 e. The Morgan fingerprint density at radius 1 is 1.68 bits per heavy atom. The topological polar surface area (TPSA) is 104 Å². The van der Waals surface area contributed by atoms with Gasteiger partial charge >= 0.3 is 0 Å².